The Morgan fingerprint density at radius 1 is 1.26 bits per heavy atom. The highest BCUT2D eigenvalue weighted by Gasteiger charge is 2.39. The lowest BCUT2D eigenvalue weighted by molar-refractivity contribution is -0.142. The molecule has 0 aromatic rings. The topological polar surface area (TPSA) is 102 Å². The number of hydrogen-bond acceptors (Lipinski definition) is 5. The van der Waals surface area contributed by atoms with E-state index >= 15 is 0 Å². The Balaban J connectivity index is 0.000000841. The Hall–Kier alpha value is -1.76. The van der Waals surface area contributed by atoms with Crippen molar-refractivity contribution in [1.29, 1.82) is 0 Å². The van der Waals surface area contributed by atoms with Crippen molar-refractivity contribution in [2.75, 3.05) is 13.7 Å². The van der Waals surface area contributed by atoms with Gasteiger partial charge in [-0.25, -0.2) is 9.59 Å². The third-order valence-electron chi connectivity index (χ3n) is 2.40. The molecule has 7 nitrogen and oxygen atoms in total. The van der Waals surface area contributed by atoms with Crippen LogP contribution in [0, 0.1) is 0 Å². The zero-order valence-corrected chi connectivity index (χ0v) is 15.2. The predicted molar refractivity (Wildman–Crippen MR) is 88.0 cm³/mol. The van der Waals surface area contributed by atoms with Crippen molar-refractivity contribution < 1.29 is 24.2 Å². The van der Waals surface area contributed by atoms with Crippen LogP contribution in [0.15, 0.2) is 11.8 Å². The van der Waals surface area contributed by atoms with Gasteiger partial charge in [-0.15, -0.1) is 0 Å². The Morgan fingerprint density at radius 2 is 1.74 bits per heavy atom. The molecule has 3 N–H and O–H groups in total. The van der Waals surface area contributed by atoms with Crippen LogP contribution in [0.1, 0.15) is 48.0 Å². The van der Waals surface area contributed by atoms with E-state index in [9.17, 15) is 9.59 Å². The van der Waals surface area contributed by atoms with Gasteiger partial charge in [-0.05, 0) is 47.1 Å². The van der Waals surface area contributed by atoms with Crippen LogP contribution in [-0.2, 0) is 14.3 Å². The second kappa shape index (κ2) is 8.19. The molecule has 0 aliphatic carbocycles. The minimum Gasteiger partial charge on any atom is -0.504 e. The number of ether oxygens (including phenoxy) is 2. The molecule has 0 spiro atoms. The number of nitrogens with two attached hydrogens (primary N) is 1. The number of carbonyl (C=O) groups excluding carboxylic acids is 1. The lowest BCUT2D eigenvalue weighted by Crippen LogP contribution is -2.43. The zero-order chi connectivity index (χ0) is 18.4. The molecule has 1 aliphatic rings. The average Bonchev–Trinajstić information content (AvgIpc) is 2.69. The SMILES string of the molecule is CC(C)(C)N.COC=C1C[C@@H](C(=O)O)N(C(=O)OC(C)(C)C)C1. The number of amides is 1. The first kappa shape index (κ1) is 21.2. The smallest absolute Gasteiger partial charge is 0.411 e. The van der Waals surface area contributed by atoms with Gasteiger partial charge in [-0.3, -0.25) is 4.90 Å². The molecular weight excluding hydrogens is 300 g/mol. The number of likely N-dealkylation sites (tertiary alicyclic amines) is 1. The Kier molecular flexibility index (Phi) is 7.57. The van der Waals surface area contributed by atoms with Crippen molar-refractivity contribution in [3.05, 3.63) is 11.8 Å². The van der Waals surface area contributed by atoms with Crippen LogP contribution in [0.2, 0.25) is 0 Å². The molecule has 0 saturated carbocycles. The van der Waals surface area contributed by atoms with Gasteiger partial charge in [0.15, 0.2) is 0 Å². The maximum absolute atomic E-state index is 11.9. The van der Waals surface area contributed by atoms with Crippen LogP contribution in [0.5, 0.6) is 0 Å². The van der Waals surface area contributed by atoms with Gasteiger partial charge in [0.1, 0.15) is 11.6 Å². The van der Waals surface area contributed by atoms with Crippen molar-refractivity contribution in [1.82, 2.24) is 4.90 Å². The molecule has 1 rings (SSSR count). The first-order valence-corrected chi connectivity index (χ1v) is 7.46. The van der Waals surface area contributed by atoms with Crippen molar-refractivity contribution >= 4 is 12.1 Å². The third kappa shape index (κ3) is 9.78. The number of methoxy groups -OCH3 is 1. The quantitative estimate of drug-likeness (QED) is 0.754. The largest absolute Gasteiger partial charge is 0.504 e. The van der Waals surface area contributed by atoms with E-state index < -0.39 is 23.7 Å². The maximum Gasteiger partial charge on any atom is 0.411 e. The molecule has 1 atom stereocenters. The molecule has 7 heteroatoms. The van der Waals surface area contributed by atoms with Gasteiger partial charge in [0.2, 0.25) is 0 Å². The molecule has 0 bridgehead atoms. The molecule has 134 valence electrons. The fourth-order valence-electron chi connectivity index (χ4n) is 1.74. The number of nitrogens with zero attached hydrogens (tertiary/aromatic N) is 1. The minimum atomic E-state index is -1.04. The van der Waals surface area contributed by atoms with Crippen molar-refractivity contribution in [2.45, 2.75) is 65.1 Å². The summed E-state index contributed by atoms with van der Waals surface area (Å²) in [5, 5.41) is 9.10. The van der Waals surface area contributed by atoms with E-state index in [0.29, 0.717) is 0 Å². The van der Waals surface area contributed by atoms with Gasteiger partial charge in [0, 0.05) is 18.5 Å². The molecule has 1 heterocycles. The van der Waals surface area contributed by atoms with Crippen LogP contribution in [0.4, 0.5) is 4.79 Å². The van der Waals surface area contributed by atoms with E-state index in [1.807, 2.05) is 20.8 Å². The summed E-state index contributed by atoms with van der Waals surface area (Å²) < 4.78 is 10.0. The zero-order valence-electron chi connectivity index (χ0n) is 15.2. The molecule has 23 heavy (non-hydrogen) atoms. The highest BCUT2D eigenvalue weighted by Crippen LogP contribution is 2.25. The predicted octanol–water partition coefficient (Wildman–Crippen LogP) is 2.35. The number of hydrogen-bond donors (Lipinski definition) is 2. The van der Waals surface area contributed by atoms with Crippen molar-refractivity contribution in [2.24, 2.45) is 5.73 Å². The standard InChI is InChI=1S/C12H19NO5.C4H11N/c1-12(2,3)18-11(16)13-6-8(7-17-4)5-9(13)10(14)15;1-4(2,3)5/h7,9H,5-6H2,1-4H3,(H,14,15);5H2,1-3H3/t9-;/m0./s1. The van der Waals surface area contributed by atoms with Gasteiger partial charge >= 0.3 is 12.1 Å². The second-order valence-electron chi connectivity index (χ2n) is 7.54. The van der Waals surface area contributed by atoms with E-state index in [0.717, 1.165) is 5.57 Å². The summed E-state index contributed by atoms with van der Waals surface area (Å²) in [6, 6.07) is -0.888. The lowest BCUT2D eigenvalue weighted by Gasteiger charge is -2.26. The molecule has 0 aromatic heterocycles. The van der Waals surface area contributed by atoms with E-state index in [1.54, 1.807) is 20.8 Å². The maximum atomic E-state index is 11.9. The van der Waals surface area contributed by atoms with Crippen LogP contribution in [-0.4, -0.2) is 52.9 Å². The van der Waals surface area contributed by atoms with Crippen LogP contribution < -0.4 is 5.73 Å². The summed E-state index contributed by atoms with van der Waals surface area (Å²) in [6.07, 6.45) is 1.12. The van der Waals surface area contributed by atoms with Crippen LogP contribution in [0.25, 0.3) is 0 Å². The fraction of sp³-hybridized carbons (Fsp3) is 0.750. The Morgan fingerprint density at radius 3 is 2.09 bits per heavy atom. The minimum absolute atomic E-state index is 0. The highest BCUT2D eigenvalue weighted by atomic mass is 16.6. The van der Waals surface area contributed by atoms with Crippen molar-refractivity contribution in [3.63, 3.8) is 0 Å². The van der Waals surface area contributed by atoms with Gasteiger partial charge in [0.05, 0.1) is 13.4 Å². The molecular formula is C16H30N2O5. The molecule has 1 amide bonds. The first-order chi connectivity index (χ1) is 10.2. The van der Waals surface area contributed by atoms with Gasteiger partial charge in [-0.2, -0.15) is 0 Å². The number of carboxylic acid groups (broad SMARTS) is 1. The lowest BCUT2D eigenvalue weighted by atomic mass is 10.1. The molecule has 1 saturated heterocycles. The van der Waals surface area contributed by atoms with E-state index in [2.05, 4.69) is 0 Å². The molecule has 1 aliphatic heterocycles. The van der Waals surface area contributed by atoms with E-state index in [1.165, 1.54) is 18.3 Å². The van der Waals surface area contributed by atoms with Crippen molar-refractivity contribution in [3.8, 4) is 0 Å². The molecule has 0 aromatic carbocycles. The Bertz CT molecular complexity index is 440. The number of rotatable bonds is 2. The monoisotopic (exact) mass is 330 g/mol. The summed E-state index contributed by atoms with van der Waals surface area (Å²) in [5.41, 5.74) is 5.47. The number of carboxylic acids is 1. The normalized spacial score (nSPS) is 19.9. The molecule has 1 fully saturated rings. The summed E-state index contributed by atoms with van der Waals surface area (Å²) in [7, 11) is 1.49. The highest BCUT2D eigenvalue weighted by molar-refractivity contribution is 5.82. The second-order valence-corrected chi connectivity index (χ2v) is 7.54. The summed E-state index contributed by atoms with van der Waals surface area (Å²) in [6.45, 7) is 11.3. The van der Waals surface area contributed by atoms with Crippen LogP contribution >= 0.6 is 0 Å². The summed E-state index contributed by atoms with van der Waals surface area (Å²) >= 11 is 0. The average molecular weight is 330 g/mol. The van der Waals surface area contributed by atoms with E-state index in [-0.39, 0.29) is 18.5 Å². The summed E-state index contributed by atoms with van der Waals surface area (Å²) in [5.74, 6) is -1.04. The molecule has 0 unspecified atom stereocenters. The van der Waals surface area contributed by atoms with Crippen LogP contribution in [0.3, 0.4) is 0 Å². The third-order valence-corrected chi connectivity index (χ3v) is 2.40. The number of carbonyl (C=O) groups is 2. The van der Waals surface area contributed by atoms with Gasteiger partial charge in [-0.1, -0.05) is 0 Å². The number of aliphatic carboxylic acids is 1. The fourth-order valence-corrected chi connectivity index (χ4v) is 1.74. The summed E-state index contributed by atoms with van der Waals surface area (Å²) in [4.78, 5) is 24.2. The van der Waals surface area contributed by atoms with Gasteiger partial charge < -0.3 is 20.3 Å². The molecule has 0 radical (unpaired) electrons. The first-order valence-electron chi connectivity index (χ1n) is 7.46. The Labute approximate surface area is 138 Å². The van der Waals surface area contributed by atoms with Gasteiger partial charge in [0.25, 0.3) is 0 Å². The van der Waals surface area contributed by atoms with E-state index in [4.69, 9.17) is 20.3 Å².